The van der Waals surface area contributed by atoms with Gasteiger partial charge in [-0.1, -0.05) is 0 Å². The lowest BCUT2D eigenvalue weighted by atomic mass is 10.2. The third kappa shape index (κ3) is 3.09. The van der Waals surface area contributed by atoms with Crippen molar-refractivity contribution >= 4 is 22.8 Å². The second kappa shape index (κ2) is 6.81. The maximum Gasteiger partial charge on any atom is 0.162 e. The van der Waals surface area contributed by atoms with E-state index in [2.05, 4.69) is 10.1 Å². The van der Waals surface area contributed by atoms with Gasteiger partial charge in [-0.05, 0) is 66.2 Å². The largest absolute Gasteiger partial charge is 0.486 e. The summed E-state index contributed by atoms with van der Waals surface area (Å²) in [6.45, 7) is 1.13. The van der Waals surface area contributed by atoms with Gasteiger partial charge in [0, 0.05) is 11.6 Å². The molecule has 0 N–H and O–H groups in total. The average Bonchev–Trinajstić information content (AvgIpc) is 3.16. The Bertz CT molecular complexity index is 1180. The van der Waals surface area contributed by atoms with Crippen LogP contribution in [0.15, 0.2) is 71.9 Å². The Kier molecular flexibility index (Phi) is 4.01. The molecule has 0 atom stereocenters. The van der Waals surface area contributed by atoms with E-state index in [-0.39, 0.29) is 5.82 Å². The molecule has 5 rings (SSSR count). The van der Waals surface area contributed by atoms with Gasteiger partial charge in [0.15, 0.2) is 11.5 Å². The molecule has 0 amide bonds. The van der Waals surface area contributed by atoms with E-state index >= 15 is 0 Å². The van der Waals surface area contributed by atoms with Gasteiger partial charge in [-0.15, -0.1) is 0 Å². The fourth-order valence-electron chi connectivity index (χ4n) is 3.18. The molecule has 0 spiro atoms. The van der Waals surface area contributed by atoms with Crippen molar-refractivity contribution < 1.29 is 13.9 Å². The van der Waals surface area contributed by atoms with Crippen molar-refractivity contribution in [2.75, 3.05) is 13.2 Å². The highest BCUT2D eigenvalue weighted by Gasteiger charge is 2.11. The molecule has 0 fully saturated rings. The van der Waals surface area contributed by atoms with E-state index in [1.165, 1.54) is 12.1 Å². The summed E-state index contributed by atoms with van der Waals surface area (Å²) in [4.78, 5) is 4.56. The summed E-state index contributed by atoms with van der Waals surface area (Å²) >= 11 is 0. The molecule has 1 aliphatic rings. The lowest BCUT2D eigenvalue weighted by Crippen LogP contribution is -2.15. The molecular formula is C22H16FN3O2. The van der Waals surface area contributed by atoms with Crippen LogP contribution in [0.2, 0.25) is 0 Å². The molecule has 0 bridgehead atoms. The molecule has 0 saturated heterocycles. The fraction of sp³-hybridized carbons (Fsp3) is 0.0909. The fourth-order valence-corrected chi connectivity index (χ4v) is 3.18. The number of rotatable bonds is 3. The maximum absolute atomic E-state index is 13.2. The van der Waals surface area contributed by atoms with Crippen molar-refractivity contribution in [1.82, 2.24) is 9.78 Å². The van der Waals surface area contributed by atoms with Crippen LogP contribution in [0.3, 0.4) is 0 Å². The van der Waals surface area contributed by atoms with Crippen molar-refractivity contribution in [3.05, 3.63) is 78.2 Å². The van der Waals surface area contributed by atoms with Crippen LogP contribution in [0.5, 0.6) is 11.5 Å². The Morgan fingerprint density at radius 3 is 2.61 bits per heavy atom. The van der Waals surface area contributed by atoms with E-state index in [9.17, 15) is 4.39 Å². The third-order valence-electron chi connectivity index (χ3n) is 4.55. The van der Waals surface area contributed by atoms with Crippen LogP contribution < -0.4 is 9.47 Å². The van der Waals surface area contributed by atoms with Gasteiger partial charge in [-0.2, -0.15) is 5.10 Å². The summed E-state index contributed by atoms with van der Waals surface area (Å²) in [6, 6.07) is 17.9. The SMILES string of the molecule is Fc1ccc(-n2ncc3cc(N=Cc4ccc5c(c4)OCCO5)ccc32)cc1. The average molecular weight is 373 g/mol. The van der Waals surface area contributed by atoms with Gasteiger partial charge >= 0.3 is 0 Å². The second-order valence-corrected chi connectivity index (χ2v) is 6.44. The molecule has 0 aliphatic carbocycles. The van der Waals surface area contributed by atoms with Gasteiger partial charge in [0.25, 0.3) is 0 Å². The summed E-state index contributed by atoms with van der Waals surface area (Å²) in [7, 11) is 0. The molecule has 0 unspecified atom stereocenters. The van der Waals surface area contributed by atoms with E-state index in [1.807, 2.05) is 36.4 Å². The first-order chi connectivity index (χ1) is 13.8. The number of halogens is 1. The summed E-state index contributed by atoms with van der Waals surface area (Å²) in [5.41, 5.74) is 3.50. The molecule has 3 aromatic carbocycles. The van der Waals surface area contributed by atoms with Crippen LogP contribution >= 0.6 is 0 Å². The van der Waals surface area contributed by atoms with Gasteiger partial charge in [0.2, 0.25) is 0 Å². The number of nitrogens with zero attached hydrogens (tertiary/aromatic N) is 3. The first kappa shape index (κ1) is 16.5. The van der Waals surface area contributed by atoms with E-state index in [1.54, 1.807) is 29.2 Å². The molecule has 5 nitrogen and oxygen atoms in total. The summed E-state index contributed by atoms with van der Waals surface area (Å²) in [5, 5.41) is 5.37. The zero-order chi connectivity index (χ0) is 18.9. The van der Waals surface area contributed by atoms with Gasteiger partial charge in [-0.3, -0.25) is 4.99 Å². The molecule has 1 aliphatic heterocycles. The van der Waals surface area contributed by atoms with Crippen molar-refractivity contribution in [2.45, 2.75) is 0 Å². The van der Waals surface area contributed by atoms with Gasteiger partial charge in [0.05, 0.1) is 23.1 Å². The highest BCUT2D eigenvalue weighted by atomic mass is 19.1. The lowest BCUT2D eigenvalue weighted by Gasteiger charge is -2.18. The standard InChI is InChI=1S/C22H16FN3O2/c23-17-2-5-19(6-3-17)26-20-7-4-18(12-16(20)14-25-26)24-13-15-1-8-21-22(11-15)28-10-9-27-21/h1-8,11-14H,9-10H2. The van der Waals surface area contributed by atoms with E-state index in [4.69, 9.17) is 9.47 Å². The number of fused-ring (bicyclic) bond motifs is 2. The van der Waals surface area contributed by atoms with Gasteiger partial charge in [-0.25, -0.2) is 9.07 Å². The summed E-state index contributed by atoms with van der Waals surface area (Å²) in [6.07, 6.45) is 3.57. The second-order valence-electron chi connectivity index (χ2n) is 6.44. The monoisotopic (exact) mass is 373 g/mol. The summed E-state index contributed by atoms with van der Waals surface area (Å²) < 4.78 is 26.1. The molecular weight excluding hydrogens is 357 g/mol. The van der Waals surface area contributed by atoms with E-state index in [0.29, 0.717) is 13.2 Å². The third-order valence-corrected chi connectivity index (χ3v) is 4.55. The van der Waals surface area contributed by atoms with Crippen LogP contribution in [0.4, 0.5) is 10.1 Å². The van der Waals surface area contributed by atoms with Crippen LogP contribution in [-0.4, -0.2) is 29.2 Å². The zero-order valence-electron chi connectivity index (χ0n) is 14.9. The smallest absolute Gasteiger partial charge is 0.162 e. The van der Waals surface area contributed by atoms with Crippen molar-refractivity contribution in [2.24, 2.45) is 4.99 Å². The highest BCUT2D eigenvalue weighted by Crippen LogP contribution is 2.30. The number of hydrogen-bond donors (Lipinski definition) is 0. The Balaban J connectivity index is 1.42. The minimum absolute atomic E-state index is 0.268. The van der Waals surface area contributed by atoms with Crippen LogP contribution in [0.25, 0.3) is 16.6 Å². The molecule has 2 heterocycles. The molecule has 6 heteroatoms. The lowest BCUT2D eigenvalue weighted by molar-refractivity contribution is 0.171. The Hall–Kier alpha value is -3.67. The van der Waals surface area contributed by atoms with Crippen molar-refractivity contribution in [3.8, 4) is 17.2 Å². The molecule has 1 aromatic heterocycles. The first-order valence-electron chi connectivity index (χ1n) is 8.94. The van der Waals surface area contributed by atoms with Crippen LogP contribution in [-0.2, 0) is 0 Å². The van der Waals surface area contributed by atoms with Gasteiger partial charge in [0.1, 0.15) is 19.0 Å². The minimum atomic E-state index is -0.268. The van der Waals surface area contributed by atoms with Gasteiger partial charge < -0.3 is 9.47 Å². The van der Waals surface area contributed by atoms with E-state index in [0.717, 1.165) is 39.3 Å². The Morgan fingerprint density at radius 1 is 0.929 bits per heavy atom. The Morgan fingerprint density at radius 2 is 1.75 bits per heavy atom. The maximum atomic E-state index is 13.2. The first-order valence-corrected chi connectivity index (χ1v) is 8.94. The molecule has 28 heavy (non-hydrogen) atoms. The van der Waals surface area contributed by atoms with Crippen molar-refractivity contribution in [1.29, 1.82) is 0 Å². The number of benzene rings is 3. The van der Waals surface area contributed by atoms with Crippen LogP contribution in [0.1, 0.15) is 5.56 Å². The quantitative estimate of drug-likeness (QED) is 0.490. The highest BCUT2D eigenvalue weighted by molar-refractivity contribution is 5.87. The molecule has 4 aromatic rings. The number of aliphatic imine (C=N–C) groups is 1. The van der Waals surface area contributed by atoms with E-state index < -0.39 is 0 Å². The summed E-state index contributed by atoms with van der Waals surface area (Å²) in [5.74, 6) is 1.24. The molecule has 0 saturated carbocycles. The van der Waals surface area contributed by atoms with Crippen LogP contribution in [0, 0.1) is 5.82 Å². The zero-order valence-corrected chi connectivity index (χ0v) is 14.9. The normalized spacial score (nSPS) is 13.3. The number of aromatic nitrogens is 2. The molecule has 138 valence electrons. The predicted octanol–water partition coefficient (Wildman–Crippen LogP) is 4.69. The minimum Gasteiger partial charge on any atom is -0.486 e. The predicted molar refractivity (Wildman–Crippen MR) is 106 cm³/mol. The number of ether oxygens (including phenoxy) is 2. The number of hydrogen-bond acceptors (Lipinski definition) is 4. The Labute approximate surface area is 160 Å². The van der Waals surface area contributed by atoms with Crippen molar-refractivity contribution in [3.63, 3.8) is 0 Å². The molecule has 0 radical (unpaired) electrons. The topological polar surface area (TPSA) is 48.6 Å².